The average Bonchev–Trinajstić information content (AvgIpc) is 2.29. The Morgan fingerprint density at radius 3 is 2.93 bits per heavy atom. The monoisotopic (exact) mass is 208 g/mol. The first-order valence-corrected chi connectivity index (χ1v) is 5.75. The molecular formula is C12H20N2O. The fourth-order valence-corrected chi connectivity index (χ4v) is 1.93. The Bertz CT molecular complexity index is 238. The fraction of sp³-hybridized carbons (Fsp3) is 0.750. The standard InChI is InChI=1S/C12H20N2O/c1-3-9-14(10-4-2)12(15)11-7-5-6-8-13-11/h1,11,13H,4-10H2,2H3. The maximum atomic E-state index is 12.0. The van der Waals surface area contributed by atoms with E-state index >= 15 is 0 Å². The van der Waals surface area contributed by atoms with Crippen LogP contribution in [0.5, 0.6) is 0 Å². The summed E-state index contributed by atoms with van der Waals surface area (Å²) in [6, 6.07) is -0.00125. The molecule has 15 heavy (non-hydrogen) atoms. The van der Waals surface area contributed by atoms with Gasteiger partial charge in [0.05, 0.1) is 12.6 Å². The third-order valence-electron chi connectivity index (χ3n) is 2.70. The van der Waals surface area contributed by atoms with Gasteiger partial charge in [-0.25, -0.2) is 0 Å². The second kappa shape index (κ2) is 6.47. The molecule has 1 amide bonds. The molecule has 1 saturated heterocycles. The summed E-state index contributed by atoms with van der Waals surface area (Å²) < 4.78 is 0. The zero-order chi connectivity index (χ0) is 11.1. The van der Waals surface area contributed by atoms with E-state index in [1.165, 1.54) is 6.42 Å². The van der Waals surface area contributed by atoms with Gasteiger partial charge >= 0.3 is 0 Å². The van der Waals surface area contributed by atoms with Crippen molar-refractivity contribution >= 4 is 5.91 Å². The number of carbonyl (C=O) groups is 1. The van der Waals surface area contributed by atoms with Crippen molar-refractivity contribution in [2.45, 2.75) is 38.6 Å². The predicted octanol–water partition coefficient (Wildman–Crippen LogP) is 1.00. The molecule has 0 aromatic heterocycles. The van der Waals surface area contributed by atoms with Gasteiger partial charge < -0.3 is 10.2 Å². The maximum Gasteiger partial charge on any atom is 0.240 e. The van der Waals surface area contributed by atoms with Crippen LogP contribution in [-0.2, 0) is 4.79 Å². The van der Waals surface area contributed by atoms with Crippen molar-refractivity contribution in [1.29, 1.82) is 0 Å². The molecule has 1 N–H and O–H groups in total. The van der Waals surface area contributed by atoms with E-state index in [0.29, 0.717) is 6.54 Å². The quantitative estimate of drug-likeness (QED) is 0.699. The van der Waals surface area contributed by atoms with Gasteiger partial charge in [-0.15, -0.1) is 6.42 Å². The lowest BCUT2D eigenvalue weighted by atomic mass is 10.0. The first-order valence-electron chi connectivity index (χ1n) is 5.75. The molecule has 0 saturated carbocycles. The molecule has 0 radical (unpaired) electrons. The van der Waals surface area contributed by atoms with Crippen LogP contribution in [0.3, 0.4) is 0 Å². The molecule has 0 aromatic rings. The van der Waals surface area contributed by atoms with E-state index in [1.54, 1.807) is 4.90 Å². The van der Waals surface area contributed by atoms with Crippen LogP contribution in [0, 0.1) is 12.3 Å². The number of amides is 1. The predicted molar refractivity (Wildman–Crippen MR) is 61.3 cm³/mol. The van der Waals surface area contributed by atoms with Crippen LogP contribution in [0.4, 0.5) is 0 Å². The van der Waals surface area contributed by atoms with Gasteiger partial charge in [0, 0.05) is 6.54 Å². The highest BCUT2D eigenvalue weighted by atomic mass is 16.2. The van der Waals surface area contributed by atoms with Crippen molar-refractivity contribution in [3.8, 4) is 12.3 Å². The molecule has 1 rings (SSSR count). The van der Waals surface area contributed by atoms with Crippen LogP contribution >= 0.6 is 0 Å². The van der Waals surface area contributed by atoms with E-state index in [9.17, 15) is 4.79 Å². The highest BCUT2D eigenvalue weighted by Gasteiger charge is 2.24. The maximum absolute atomic E-state index is 12.0. The Balaban J connectivity index is 2.50. The Labute approximate surface area is 92.2 Å². The summed E-state index contributed by atoms with van der Waals surface area (Å²) in [6.07, 6.45) is 9.48. The highest BCUT2D eigenvalue weighted by molar-refractivity contribution is 5.82. The van der Waals surface area contributed by atoms with Crippen molar-refractivity contribution in [2.24, 2.45) is 0 Å². The molecule has 1 aliphatic heterocycles. The summed E-state index contributed by atoms with van der Waals surface area (Å²) in [6.45, 7) is 4.21. The molecule has 1 atom stereocenters. The number of hydrogen-bond donors (Lipinski definition) is 1. The second-order valence-corrected chi connectivity index (χ2v) is 3.97. The number of carbonyl (C=O) groups excluding carboxylic acids is 1. The lowest BCUT2D eigenvalue weighted by molar-refractivity contribution is -0.133. The van der Waals surface area contributed by atoms with Gasteiger partial charge in [0.25, 0.3) is 0 Å². The van der Waals surface area contributed by atoms with Crippen LogP contribution in [-0.4, -0.2) is 36.5 Å². The molecular weight excluding hydrogens is 188 g/mol. The highest BCUT2D eigenvalue weighted by Crippen LogP contribution is 2.10. The van der Waals surface area contributed by atoms with Gasteiger partial charge in [0.15, 0.2) is 0 Å². The number of hydrogen-bond acceptors (Lipinski definition) is 2. The van der Waals surface area contributed by atoms with Gasteiger partial charge in [-0.3, -0.25) is 4.79 Å². The molecule has 0 spiro atoms. The largest absolute Gasteiger partial charge is 0.330 e. The van der Waals surface area contributed by atoms with Gasteiger partial charge in [-0.2, -0.15) is 0 Å². The van der Waals surface area contributed by atoms with E-state index in [-0.39, 0.29) is 11.9 Å². The lowest BCUT2D eigenvalue weighted by Crippen LogP contribution is -2.48. The molecule has 3 heteroatoms. The normalized spacial score (nSPS) is 20.7. The lowest BCUT2D eigenvalue weighted by Gasteiger charge is -2.28. The van der Waals surface area contributed by atoms with E-state index in [0.717, 1.165) is 32.4 Å². The van der Waals surface area contributed by atoms with Crippen molar-refractivity contribution < 1.29 is 4.79 Å². The Morgan fingerprint density at radius 1 is 1.60 bits per heavy atom. The average molecular weight is 208 g/mol. The topological polar surface area (TPSA) is 32.3 Å². The molecule has 0 aliphatic carbocycles. The van der Waals surface area contributed by atoms with E-state index in [1.807, 2.05) is 0 Å². The van der Waals surface area contributed by atoms with Gasteiger partial charge in [0.2, 0.25) is 5.91 Å². The van der Waals surface area contributed by atoms with Gasteiger partial charge in [-0.1, -0.05) is 19.3 Å². The Kier molecular flexibility index (Phi) is 5.20. The van der Waals surface area contributed by atoms with Crippen LogP contribution in [0.25, 0.3) is 0 Å². The number of terminal acetylenes is 1. The third kappa shape index (κ3) is 3.56. The SMILES string of the molecule is C#CCN(CCC)C(=O)C1CCCCN1. The zero-order valence-corrected chi connectivity index (χ0v) is 9.46. The summed E-state index contributed by atoms with van der Waals surface area (Å²) in [5.41, 5.74) is 0. The number of piperidine rings is 1. The minimum absolute atomic E-state index is 0.00125. The van der Waals surface area contributed by atoms with E-state index in [4.69, 9.17) is 6.42 Å². The molecule has 1 aliphatic rings. The first kappa shape index (κ1) is 12.1. The molecule has 84 valence electrons. The van der Waals surface area contributed by atoms with Crippen LogP contribution < -0.4 is 5.32 Å². The molecule has 1 heterocycles. The van der Waals surface area contributed by atoms with E-state index in [2.05, 4.69) is 18.2 Å². The smallest absolute Gasteiger partial charge is 0.240 e. The van der Waals surface area contributed by atoms with Crippen molar-refractivity contribution in [3.05, 3.63) is 0 Å². The first-order chi connectivity index (χ1) is 7.29. The van der Waals surface area contributed by atoms with E-state index < -0.39 is 0 Å². The number of nitrogens with zero attached hydrogens (tertiary/aromatic N) is 1. The Morgan fingerprint density at radius 2 is 2.40 bits per heavy atom. The second-order valence-electron chi connectivity index (χ2n) is 3.97. The minimum atomic E-state index is -0.00125. The Hall–Kier alpha value is -1.01. The summed E-state index contributed by atoms with van der Waals surface area (Å²) in [5, 5.41) is 3.26. The zero-order valence-electron chi connectivity index (χ0n) is 9.46. The van der Waals surface area contributed by atoms with Gasteiger partial charge in [0.1, 0.15) is 0 Å². The summed E-state index contributed by atoms with van der Waals surface area (Å²) in [7, 11) is 0. The molecule has 0 aromatic carbocycles. The number of rotatable bonds is 4. The molecule has 0 bridgehead atoms. The van der Waals surface area contributed by atoms with Crippen molar-refractivity contribution in [2.75, 3.05) is 19.6 Å². The summed E-state index contributed by atoms with van der Waals surface area (Å²) >= 11 is 0. The summed E-state index contributed by atoms with van der Waals surface area (Å²) in [5.74, 6) is 2.73. The fourth-order valence-electron chi connectivity index (χ4n) is 1.93. The molecule has 1 unspecified atom stereocenters. The number of nitrogens with one attached hydrogen (secondary N) is 1. The molecule has 1 fully saturated rings. The van der Waals surface area contributed by atoms with Gasteiger partial charge in [-0.05, 0) is 25.8 Å². The third-order valence-corrected chi connectivity index (χ3v) is 2.70. The summed E-state index contributed by atoms with van der Waals surface area (Å²) in [4.78, 5) is 13.8. The molecule has 3 nitrogen and oxygen atoms in total. The van der Waals surface area contributed by atoms with Crippen LogP contribution in [0.2, 0.25) is 0 Å². The minimum Gasteiger partial charge on any atom is -0.330 e. The van der Waals surface area contributed by atoms with Crippen molar-refractivity contribution in [1.82, 2.24) is 10.2 Å². The van der Waals surface area contributed by atoms with Crippen LogP contribution in [0.15, 0.2) is 0 Å². The van der Waals surface area contributed by atoms with Crippen LogP contribution in [0.1, 0.15) is 32.6 Å². The van der Waals surface area contributed by atoms with Crippen molar-refractivity contribution in [3.63, 3.8) is 0 Å².